The van der Waals surface area contributed by atoms with Crippen molar-refractivity contribution in [1.82, 2.24) is 20.2 Å². The zero-order valence-corrected chi connectivity index (χ0v) is 11.4. The van der Waals surface area contributed by atoms with E-state index in [2.05, 4.69) is 15.3 Å². The van der Waals surface area contributed by atoms with E-state index in [0.717, 1.165) is 12.8 Å². The van der Waals surface area contributed by atoms with E-state index in [1.807, 2.05) is 0 Å². The molecule has 2 aliphatic heterocycles. The highest BCUT2D eigenvalue weighted by atomic mass is 16.5. The number of nitrogens with zero attached hydrogens (tertiary/aromatic N) is 3. The van der Waals surface area contributed by atoms with Crippen molar-refractivity contribution in [2.45, 2.75) is 31.0 Å². The van der Waals surface area contributed by atoms with Gasteiger partial charge in [0.25, 0.3) is 5.91 Å². The molecule has 2 aliphatic rings. The van der Waals surface area contributed by atoms with Gasteiger partial charge in [-0.2, -0.15) is 0 Å². The molecule has 1 aromatic heterocycles. The van der Waals surface area contributed by atoms with Gasteiger partial charge in [-0.3, -0.25) is 9.78 Å². The third-order valence-corrected chi connectivity index (χ3v) is 3.92. The van der Waals surface area contributed by atoms with E-state index < -0.39 is 6.03 Å². The minimum absolute atomic E-state index is 0.0663. The van der Waals surface area contributed by atoms with E-state index >= 15 is 0 Å². The second-order valence-electron chi connectivity index (χ2n) is 5.21. The first kappa shape index (κ1) is 13.7. The van der Waals surface area contributed by atoms with Gasteiger partial charge in [0, 0.05) is 25.5 Å². The highest BCUT2D eigenvalue weighted by molar-refractivity contribution is 5.92. The number of nitrogens with two attached hydrogens (primary N) is 1. The highest BCUT2D eigenvalue weighted by Crippen LogP contribution is 2.28. The second kappa shape index (κ2) is 5.65. The van der Waals surface area contributed by atoms with Crippen molar-refractivity contribution >= 4 is 11.9 Å². The molecular formula is C13H17N5O3. The Bertz CT molecular complexity index is 538. The van der Waals surface area contributed by atoms with Crippen LogP contribution in [0.1, 0.15) is 23.3 Å². The number of urea groups is 1. The Kier molecular flexibility index (Phi) is 3.70. The maximum atomic E-state index is 12.1. The molecule has 0 radical (unpaired) electrons. The SMILES string of the molecule is NC(=O)N1C[C@H](NC(=O)c2cnccn2)[C@@H]2OCCC[C@@H]21. The molecule has 3 heterocycles. The molecule has 3 amide bonds. The summed E-state index contributed by atoms with van der Waals surface area (Å²) in [5, 5.41) is 2.86. The normalized spacial score (nSPS) is 28.0. The van der Waals surface area contributed by atoms with E-state index in [1.54, 1.807) is 4.90 Å². The van der Waals surface area contributed by atoms with Gasteiger partial charge >= 0.3 is 6.03 Å². The van der Waals surface area contributed by atoms with E-state index in [0.29, 0.717) is 13.2 Å². The molecule has 3 atom stereocenters. The summed E-state index contributed by atoms with van der Waals surface area (Å²) in [4.78, 5) is 33.1. The Labute approximate surface area is 121 Å². The van der Waals surface area contributed by atoms with Crippen molar-refractivity contribution in [2.24, 2.45) is 5.73 Å². The third kappa shape index (κ3) is 2.66. The maximum Gasteiger partial charge on any atom is 0.315 e. The number of carbonyl (C=O) groups excluding carboxylic acids is 2. The molecule has 0 bridgehead atoms. The predicted octanol–water partition coefficient (Wildman–Crippen LogP) is -0.483. The van der Waals surface area contributed by atoms with E-state index in [9.17, 15) is 9.59 Å². The number of primary amides is 1. The molecule has 8 nitrogen and oxygen atoms in total. The van der Waals surface area contributed by atoms with Crippen LogP contribution in [0, 0.1) is 0 Å². The lowest BCUT2D eigenvalue weighted by Gasteiger charge is -2.31. The maximum absolute atomic E-state index is 12.1. The number of rotatable bonds is 2. The Hall–Kier alpha value is -2.22. The topological polar surface area (TPSA) is 110 Å². The zero-order chi connectivity index (χ0) is 14.8. The Morgan fingerprint density at radius 1 is 1.43 bits per heavy atom. The molecule has 0 aromatic carbocycles. The number of amides is 3. The molecule has 2 saturated heterocycles. The monoisotopic (exact) mass is 291 g/mol. The van der Waals surface area contributed by atoms with Crippen LogP contribution in [-0.2, 0) is 4.74 Å². The molecular weight excluding hydrogens is 274 g/mol. The van der Waals surface area contributed by atoms with Gasteiger partial charge in [0.05, 0.1) is 24.4 Å². The van der Waals surface area contributed by atoms with E-state index in [-0.39, 0.29) is 29.8 Å². The average Bonchev–Trinajstić information content (AvgIpc) is 2.87. The fourth-order valence-corrected chi connectivity index (χ4v) is 3.00. The quantitative estimate of drug-likeness (QED) is 0.764. The summed E-state index contributed by atoms with van der Waals surface area (Å²) in [5.74, 6) is -0.327. The van der Waals surface area contributed by atoms with Crippen LogP contribution in [0.4, 0.5) is 4.79 Å². The number of hydrogen-bond donors (Lipinski definition) is 2. The second-order valence-corrected chi connectivity index (χ2v) is 5.21. The molecule has 1 aromatic rings. The molecule has 0 saturated carbocycles. The lowest BCUT2D eigenvalue weighted by Crippen LogP contribution is -2.48. The van der Waals surface area contributed by atoms with Gasteiger partial charge in [-0.25, -0.2) is 9.78 Å². The first-order chi connectivity index (χ1) is 10.2. The van der Waals surface area contributed by atoms with Gasteiger partial charge in [0.1, 0.15) is 5.69 Å². The standard InChI is InChI=1S/C13H17N5O3/c14-13(20)18-7-9(11-10(18)2-1-5-21-11)17-12(19)8-6-15-3-4-16-8/h3-4,6,9-11H,1-2,5,7H2,(H2,14,20)(H,17,19)/t9-,10-,11-/m0/s1. The van der Waals surface area contributed by atoms with Crippen molar-refractivity contribution in [3.8, 4) is 0 Å². The Balaban J connectivity index is 1.73. The molecule has 112 valence electrons. The van der Waals surface area contributed by atoms with Crippen LogP contribution < -0.4 is 11.1 Å². The molecule has 21 heavy (non-hydrogen) atoms. The van der Waals surface area contributed by atoms with Gasteiger partial charge in [-0.15, -0.1) is 0 Å². The van der Waals surface area contributed by atoms with E-state index in [1.165, 1.54) is 18.6 Å². The van der Waals surface area contributed by atoms with Gasteiger partial charge in [0.2, 0.25) is 0 Å². The van der Waals surface area contributed by atoms with Crippen LogP contribution in [0.25, 0.3) is 0 Å². The Morgan fingerprint density at radius 2 is 2.29 bits per heavy atom. The fourth-order valence-electron chi connectivity index (χ4n) is 3.00. The van der Waals surface area contributed by atoms with Gasteiger partial charge in [-0.1, -0.05) is 0 Å². The number of aromatic nitrogens is 2. The number of hydrogen-bond acceptors (Lipinski definition) is 5. The summed E-state index contributed by atoms with van der Waals surface area (Å²) in [6.45, 7) is 0.988. The van der Waals surface area contributed by atoms with Crippen molar-refractivity contribution < 1.29 is 14.3 Å². The van der Waals surface area contributed by atoms with Crippen LogP contribution in [0.2, 0.25) is 0 Å². The lowest BCUT2D eigenvalue weighted by molar-refractivity contribution is -0.0141. The summed E-state index contributed by atoms with van der Waals surface area (Å²) in [7, 11) is 0. The minimum atomic E-state index is -0.480. The van der Waals surface area contributed by atoms with Crippen LogP contribution >= 0.6 is 0 Å². The number of carbonyl (C=O) groups is 2. The Morgan fingerprint density at radius 3 is 3.00 bits per heavy atom. The van der Waals surface area contributed by atoms with Crippen LogP contribution in [0.5, 0.6) is 0 Å². The number of likely N-dealkylation sites (tertiary alicyclic amines) is 1. The van der Waals surface area contributed by atoms with Crippen molar-refractivity contribution in [3.63, 3.8) is 0 Å². The summed E-state index contributed by atoms with van der Waals surface area (Å²) < 4.78 is 5.73. The smallest absolute Gasteiger partial charge is 0.315 e. The van der Waals surface area contributed by atoms with Crippen LogP contribution in [-0.4, -0.2) is 58.1 Å². The lowest BCUT2D eigenvalue weighted by atomic mass is 10.0. The van der Waals surface area contributed by atoms with E-state index in [4.69, 9.17) is 10.5 Å². The third-order valence-electron chi connectivity index (χ3n) is 3.92. The van der Waals surface area contributed by atoms with Gasteiger partial charge in [-0.05, 0) is 12.8 Å². The van der Waals surface area contributed by atoms with Crippen molar-refractivity contribution in [1.29, 1.82) is 0 Å². The first-order valence-electron chi connectivity index (χ1n) is 6.91. The summed E-state index contributed by atoms with van der Waals surface area (Å²) in [6, 6.07) is -0.826. The number of nitrogens with one attached hydrogen (secondary N) is 1. The largest absolute Gasteiger partial charge is 0.374 e. The van der Waals surface area contributed by atoms with Gasteiger partial charge in [0.15, 0.2) is 0 Å². The zero-order valence-electron chi connectivity index (χ0n) is 11.4. The number of fused-ring (bicyclic) bond motifs is 1. The van der Waals surface area contributed by atoms with Crippen molar-refractivity contribution in [3.05, 3.63) is 24.3 Å². The highest BCUT2D eigenvalue weighted by Gasteiger charge is 2.46. The summed E-state index contributed by atoms with van der Waals surface area (Å²) in [5.41, 5.74) is 5.64. The first-order valence-corrected chi connectivity index (χ1v) is 6.91. The molecule has 3 rings (SSSR count). The molecule has 8 heteroatoms. The predicted molar refractivity (Wildman–Crippen MR) is 72.3 cm³/mol. The molecule has 0 spiro atoms. The molecule has 0 aliphatic carbocycles. The molecule has 3 N–H and O–H groups in total. The molecule has 2 fully saturated rings. The molecule has 0 unspecified atom stereocenters. The minimum Gasteiger partial charge on any atom is -0.374 e. The number of ether oxygens (including phenoxy) is 1. The van der Waals surface area contributed by atoms with Crippen molar-refractivity contribution in [2.75, 3.05) is 13.2 Å². The fraction of sp³-hybridized carbons (Fsp3) is 0.538. The van der Waals surface area contributed by atoms with Crippen LogP contribution in [0.15, 0.2) is 18.6 Å². The summed E-state index contributed by atoms with van der Waals surface area (Å²) >= 11 is 0. The summed E-state index contributed by atoms with van der Waals surface area (Å²) in [6.07, 6.45) is 5.86. The van der Waals surface area contributed by atoms with Crippen LogP contribution in [0.3, 0.4) is 0 Å². The average molecular weight is 291 g/mol. The van der Waals surface area contributed by atoms with Gasteiger partial charge < -0.3 is 20.7 Å².